The maximum Gasteiger partial charge on any atom is 0.179 e. The molecule has 1 unspecified atom stereocenters. The van der Waals surface area contributed by atoms with Crippen LogP contribution in [0, 0.1) is 0 Å². The van der Waals surface area contributed by atoms with Crippen molar-refractivity contribution in [3.8, 4) is 44.8 Å². The molecular weight excluding hydrogens is 921 g/mol. The summed E-state index contributed by atoms with van der Waals surface area (Å²) in [5, 5.41) is 10.5. The zero-order chi connectivity index (χ0) is 49.7. The van der Waals surface area contributed by atoms with Crippen LogP contribution in [0.25, 0.3) is 88.4 Å². The van der Waals surface area contributed by atoms with Gasteiger partial charge >= 0.3 is 0 Å². The molecule has 0 N–H and O–H groups in total. The molecule has 0 bridgehead atoms. The van der Waals surface area contributed by atoms with Crippen molar-refractivity contribution in [3.05, 3.63) is 303 Å². The van der Waals surface area contributed by atoms with Crippen LogP contribution in [0.5, 0.6) is 0 Å². The normalized spacial score (nSPS) is 13.6. The highest BCUT2D eigenvalue weighted by Gasteiger charge is 2.41. The summed E-state index contributed by atoms with van der Waals surface area (Å²) in [5.74, 6) is 0.432. The number of fused-ring (bicyclic) bond motifs is 6. The second-order valence-electron chi connectivity index (χ2n) is 20.0. The lowest BCUT2D eigenvalue weighted by Gasteiger charge is -2.34. The summed E-state index contributed by atoms with van der Waals surface area (Å²) in [6.07, 6.45) is 9.91. The Morgan fingerprint density at radius 2 is 0.733 bits per heavy atom. The van der Waals surface area contributed by atoms with E-state index in [9.17, 15) is 0 Å². The lowest BCUT2D eigenvalue weighted by Crippen LogP contribution is -2.74. The number of para-hydroxylation sites is 2. The second kappa shape index (κ2) is 18.6. The largest absolute Gasteiger partial charge is 0.309 e. The maximum absolute atomic E-state index is 2.70. The van der Waals surface area contributed by atoms with Crippen LogP contribution >= 0.6 is 0 Å². The van der Waals surface area contributed by atoms with Crippen LogP contribution in [0.3, 0.4) is 0 Å². The number of nitrogens with zero attached hydrogens (tertiary/aromatic N) is 2. The lowest BCUT2D eigenvalue weighted by atomic mass is 9.92. The van der Waals surface area contributed by atoms with E-state index in [0.29, 0.717) is 5.92 Å². The average molecular weight is 973 g/mol. The molecule has 0 saturated carbocycles. The molecule has 1 atom stereocenters. The van der Waals surface area contributed by atoms with Gasteiger partial charge in [0.25, 0.3) is 0 Å². The van der Waals surface area contributed by atoms with Crippen LogP contribution in [-0.2, 0) is 0 Å². The fraction of sp³-hybridized carbons (Fsp3) is 0.0278. The van der Waals surface area contributed by atoms with Crippen LogP contribution in [0.15, 0.2) is 297 Å². The summed E-state index contributed by atoms with van der Waals surface area (Å²) in [7, 11) is -2.70. The van der Waals surface area contributed by atoms with E-state index in [4.69, 9.17) is 0 Å². The van der Waals surface area contributed by atoms with E-state index in [1.165, 1.54) is 109 Å². The Morgan fingerprint density at radius 3 is 1.27 bits per heavy atom. The Kier molecular flexibility index (Phi) is 11.0. The molecule has 354 valence electrons. The van der Waals surface area contributed by atoms with Gasteiger partial charge in [-0.25, -0.2) is 0 Å². The quantitative estimate of drug-likeness (QED) is 0.0955. The molecule has 1 aliphatic rings. The Bertz CT molecular complexity index is 4200. The molecule has 75 heavy (non-hydrogen) atoms. The van der Waals surface area contributed by atoms with E-state index in [-0.39, 0.29) is 0 Å². The Balaban J connectivity index is 0.801. The highest BCUT2D eigenvalue weighted by molar-refractivity contribution is 7.19. The minimum atomic E-state index is -2.70. The van der Waals surface area contributed by atoms with E-state index in [1.54, 1.807) is 0 Å². The SMILES string of the molecule is C1=CCC(c2ccc(-n3c4ccccc4c4cc(-c5ccc(-c6ccc7c(c6)c6ccccc6n7-c6cccc(-c7cccc([Si](c8ccccc8)(c8ccccc8)c8ccccc8)c7)c6)cc5)ccc43)cc2)C=C1. The van der Waals surface area contributed by atoms with Crippen molar-refractivity contribution in [2.75, 3.05) is 0 Å². The summed E-state index contributed by atoms with van der Waals surface area (Å²) in [6, 6.07) is 102. The van der Waals surface area contributed by atoms with Crippen LogP contribution in [0.2, 0.25) is 0 Å². The third-order valence-corrected chi connectivity index (χ3v) is 20.6. The van der Waals surface area contributed by atoms with Crippen LogP contribution in [0.4, 0.5) is 0 Å². The first-order valence-electron chi connectivity index (χ1n) is 26.2. The maximum atomic E-state index is 2.47. The van der Waals surface area contributed by atoms with Gasteiger partial charge in [0.2, 0.25) is 0 Å². The van der Waals surface area contributed by atoms with Crippen molar-refractivity contribution in [2.24, 2.45) is 0 Å². The van der Waals surface area contributed by atoms with Gasteiger partial charge < -0.3 is 9.13 Å². The average Bonchev–Trinajstić information content (AvgIpc) is 4.04. The summed E-state index contributed by atoms with van der Waals surface area (Å²) in [4.78, 5) is 0. The minimum absolute atomic E-state index is 0.432. The van der Waals surface area contributed by atoms with Crippen molar-refractivity contribution in [1.29, 1.82) is 0 Å². The molecule has 2 aromatic heterocycles. The Labute approximate surface area is 439 Å². The molecule has 0 fully saturated rings. The van der Waals surface area contributed by atoms with Crippen LogP contribution in [-0.4, -0.2) is 17.2 Å². The smallest absolute Gasteiger partial charge is 0.179 e. The fourth-order valence-corrected chi connectivity index (χ4v) is 17.0. The number of allylic oxidation sites excluding steroid dienone is 4. The van der Waals surface area contributed by atoms with Gasteiger partial charge in [-0.2, -0.15) is 0 Å². The molecular formula is C72H52N2Si. The monoisotopic (exact) mass is 972 g/mol. The zero-order valence-corrected chi connectivity index (χ0v) is 42.5. The predicted molar refractivity (Wildman–Crippen MR) is 321 cm³/mol. The van der Waals surface area contributed by atoms with Gasteiger partial charge in [-0.15, -0.1) is 0 Å². The first kappa shape index (κ1) is 44.4. The molecule has 0 aliphatic heterocycles. The molecule has 14 rings (SSSR count). The number of hydrogen-bond donors (Lipinski definition) is 0. The van der Waals surface area contributed by atoms with Crippen molar-refractivity contribution in [3.63, 3.8) is 0 Å². The molecule has 1 aliphatic carbocycles. The van der Waals surface area contributed by atoms with Crippen LogP contribution < -0.4 is 20.7 Å². The minimum Gasteiger partial charge on any atom is -0.309 e. The summed E-state index contributed by atoms with van der Waals surface area (Å²) in [6.45, 7) is 0. The van der Waals surface area contributed by atoms with Crippen molar-refractivity contribution in [2.45, 2.75) is 12.3 Å². The highest BCUT2D eigenvalue weighted by Crippen LogP contribution is 2.39. The number of rotatable bonds is 10. The highest BCUT2D eigenvalue weighted by atomic mass is 28.3. The number of aromatic nitrogens is 2. The predicted octanol–water partition coefficient (Wildman–Crippen LogP) is 15.9. The topological polar surface area (TPSA) is 9.86 Å². The summed E-state index contributed by atoms with van der Waals surface area (Å²) in [5.41, 5.74) is 15.7. The molecule has 0 radical (unpaired) electrons. The zero-order valence-electron chi connectivity index (χ0n) is 41.5. The molecule has 2 heterocycles. The Morgan fingerprint density at radius 1 is 0.293 bits per heavy atom. The number of hydrogen-bond acceptors (Lipinski definition) is 0. The van der Waals surface area contributed by atoms with E-state index in [2.05, 4.69) is 306 Å². The first-order valence-corrected chi connectivity index (χ1v) is 28.2. The van der Waals surface area contributed by atoms with Gasteiger partial charge in [-0.3, -0.25) is 0 Å². The third kappa shape index (κ3) is 7.62. The lowest BCUT2D eigenvalue weighted by molar-refractivity contribution is 0.853. The summed E-state index contributed by atoms with van der Waals surface area (Å²) >= 11 is 0. The van der Waals surface area contributed by atoms with Gasteiger partial charge in [0, 0.05) is 38.8 Å². The standard InChI is InChI=1S/C72H52N2Si/c1-5-19-51(20-6-1)52-39-43-59(44-40-52)73-69-33-15-13-31-65(69)67-49-57(41-45-71(67)73)53-35-37-54(38-36-53)58-42-46-72-68(50-58)66-32-14-16-34-70(66)74(72)60-23-17-21-55(47-60)56-22-18-30-64(48-56)75(61-24-7-2-8-25-61,62-26-9-3-10-27-62)63-28-11-4-12-29-63/h1-19,21-51H,20H2. The van der Waals surface area contributed by atoms with Gasteiger partial charge in [0.05, 0.1) is 22.1 Å². The molecule has 3 heteroatoms. The van der Waals surface area contributed by atoms with Gasteiger partial charge in [0.1, 0.15) is 0 Å². The molecule has 13 aromatic rings. The van der Waals surface area contributed by atoms with Gasteiger partial charge in [0.15, 0.2) is 8.07 Å². The fourth-order valence-electron chi connectivity index (χ4n) is 12.2. The molecule has 0 amide bonds. The third-order valence-electron chi connectivity index (χ3n) is 15.8. The van der Waals surface area contributed by atoms with E-state index in [1.807, 2.05) is 0 Å². The van der Waals surface area contributed by atoms with E-state index in [0.717, 1.165) is 12.1 Å². The molecule has 2 nitrogen and oxygen atoms in total. The molecule has 11 aromatic carbocycles. The van der Waals surface area contributed by atoms with Gasteiger partial charge in [-0.05, 0) is 127 Å². The Hall–Kier alpha value is -9.28. The molecule has 0 spiro atoms. The van der Waals surface area contributed by atoms with Crippen molar-refractivity contribution in [1.82, 2.24) is 9.13 Å². The second-order valence-corrected chi connectivity index (χ2v) is 23.8. The van der Waals surface area contributed by atoms with Gasteiger partial charge in [-0.1, -0.05) is 237 Å². The summed E-state index contributed by atoms with van der Waals surface area (Å²) < 4.78 is 4.86. The van der Waals surface area contributed by atoms with Crippen LogP contribution in [0.1, 0.15) is 17.9 Å². The van der Waals surface area contributed by atoms with E-state index >= 15 is 0 Å². The van der Waals surface area contributed by atoms with E-state index < -0.39 is 8.07 Å². The van der Waals surface area contributed by atoms with Crippen molar-refractivity contribution >= 4 is 72.4 Å². The number of benzene rings is 11. The first-order chi connectivity index (χ1) is 37.2. The molecule has 0 saturated heterocycles. The van der Waals surface area contributed by atoms with Crippen molar-refractivity contribution < 1.29 is 0 Å².